The summed E-state index contributed by atoms with van der Waals surface area (Å²) in [7, 11) is 0. The Kier molecular flexibility index (Phi) is 7.20. The predicted molar refractivity (Wildman–Crippen MR) is 62.7 cm³/mol. The smallest absolute Gasteiger partial charge is 0.0547 e. The van der Waals surface area contributed by atoms with Gasteiger partial charge in [0.25, 0.3) is 0 Å². The van der Waals surface area contributed by atoms with Crippen LogP contribution in [0.3, 0.4) is 0 Å². The van der Waals surface area contributed by atoms with Crippen molar-refractivity contribution in [2.45, 2.75) is 65.5 Å². The van der Waals surface area contributed by atoms with Crippen LogP contribution in [0, 0.1) is 0 Å². The van der Waals surface area contributed by atoms with Gasteiger partial charge in [0, 0.05) is 12.1 Å². The minimum Gasteiger partial charge on any atom is -0.379 e. The first-order valence-corrected chi connectivity index (χ1v) is 5.82. The second kappa shape index (κ2) is 7.24. The van der Waals surface area contributed by atoms with E-state index in [1.165, 1.54) is 6.42 Å². The zero-order valence-electron chi connectivity index (χ0n) is 10.5. The number of ether oxygens (including phenoxy) is 1. The van der Waals surface area contributed by atoms with Gasteiger partial charge in [0.2, 0.25) is 0 Å². The standard InChI is InChI=1S/C12H27NO/c1-6-10-14-11(2)8-7-9-13-12(3,4)5/h11,13H,6-10H2,1-5H3. The molecule has 14 heavy (non-hydrogen) atoms. The molecule has 0 heterocycles. The molecule has 0 amide bonds. The van der Waals surface area contributed by atoms with Gasteiger partial charge in [-0.3, -0.25) is 0 Å². The highest BCUT2D eigenvalue weighted by Crippen LogP contribution is 2.03. The first kappa shape index (κ1) is 13.9. The van der Waals surface area contributed by atoms with Crippen molar-refractivity contribution >= 4 is 0 Å². The van der Waals surface area contributed by atoms with Crippen LogP contribution >= 0.6 is 0 Å². The van der Waals surface area contributed by atoms with Crippen molar-refractivity contribution in [2.75, 3.05) is 13.2 Å². The normalized spacial score (nSPS) is 14.4. The van der Waals surface area contributed by atoms with Gasteiger partial charge in [0.05, 0.1) is 6.10 Å². The molecule has 1 unspecified atom stereocenters. The lowest BCUT2D eigenvalue weighted by molar-refractivity contribution is 0.0591. The molecule has 1 N–H and O–H groups in total. The summed E-state index contributed by atoms with van der Waals surface area (Å²) >= 11 is 0. The lowest BCUT2D eigenvalue weighted by atomic mass is 10.1. The van der Waals surface area contributed by atoms with Gasteiger partial charge in [-0.05, 0) is 53.5 Å². The van der Waals surface area contributed by atoms with Crippen LogP contribution < -0.4 is 5.32 Å². The van der Waals surface area contributed by atoms with Gasteiger partial charge in [-0.2, -0.15) is 0 Å². The number of nitrogens with one attached hydrogen (secondary N) is 1. The van der Waals surface area contributed by atoms with Gasteiger partial charge in [0.1, 0.15) is 0 Å². The Morgan fingerprint density at radius 2 is 1.93 bits per heavy atom. The minimum absolute atomic E-state index is 0.244. The van der Waals surface area contributed by atoms with Crippen molar-refractivity contribution in [3.05, 3.63) is 0 Å². The van der Waals surface area contributed by atoms with Crippen molar-refractivity contribution in [3.63, 3.8) is 0 Å². The Balaban J connectivity index is 3.27. The van der Waals surface area contributed by atoms with Crippen molar-refractivity contribution in [1.29, 1.82) is 0 Å². The summed E-state index contributed by atoms with van der Waals surface area (Å²) < 4.78 is 5.60. The fourth-order valence-electron chi connectivity index (χ4n) is 1.26. The average Bonchev–Trinajstić information content (AvgIpc) is 2.07. The van der Waals surface area contributed by atoms with E-state index < -0.39 is 0 Å². The quantitative estimate of drug-likeness (QED) is 0.639. The van der Waals surface area contributed by atoms with Crippen LogP contribution in [0.1, 0.15) is 53.9 Å². The van der Waals surface area contributed by atoms with E-state index in [-0.39, 0.29) is 5.54 Å². The Hall–Kier alpha value is -0.0800. The number of hydrogen-bond donors (Lipinski definition) is 1. The molecule has 2 nitrogen and oxygen atoms in total. The highest BCUT2D eigenvalue weighted by Gasteiger charge is 2.08. The second-order valence-electron chi connectivity index (χ2n) is 5.00. The zero-order valence-corrected chi connectivity index (χ0v) is 10.5. The van der Waals surface area contributed by atoms with Gasteiger partial charge in [-0.1, -0.05) is 6.92 Å². The molecule has 0 rings (SSSR count). The lowest BCUT2D eigenvalue weighted by Gasteiger charge is -2.21. The summed E-state index contributed by atoms with van der Waals surface area (Å²) in [5.41, 5.74) is 0.244. The largest absolute Gasteiger partial charge is 0.379 e. The molecular formula is C12H27NO. The fourth-order valence-corrected chi connectivity index (χ4v) is 1.26. The van der Waals surface area contributed by atoms with Gasteiger partial charge in [-0.25, -0.2) is 0 Å². The monoisotopic (exact) mass is 201 g/mol. The molecule has 0 aromatic rings. The van der Waals surface area contributed by atoms with E-state index in [4.69, 9.17) is 4.74 Å². The highest BCUT2D eigenvalue weighted by atomic mass is 16.5. The molecule has 0 saturated heterocycles. The Morgan fingerprint density at radius 1 is 1.29 bits per heavy atom. The van der Waals surface area contributed by atoms with Gasteiger partial charge in [0.15, 0.2) is 0 Å². The SMILES string of the molecule is CCCOC(C)CCCNC(C)(C)C. The lowest BCUT2D eigenvalue weighted by Crippen LogP contribution is -2.36. The topological polar surface area (TPSA) is 21.3 Å². The molecule has 0 radical (unpaired) electrons. The maximum Gasteiger partial charge on any atom is 0.0547 e. The first-order chi connectivity index (χ1) is 6.45. The summed E-state index contributed by atoms with van der Waals surface area (Å²) in [6, 6.07) is 0. The highest BCUT2D eigenvalue weighted by molar-refractivity contribution is 4.69. The van der Waals surface area contributed by atoms with E-state index in [1.54, 1.807) is 0 Å². The molecular weight excluding hydrogens is 174 g/mol. The van der Waals surface area contributed by atoms with Crippen molar-refractivity contribution in [3.8, 4) is 0 Å². The van der Waals surface area contributed by atoms with E-state index in [0.717, 1.165) is 26.0 Å². The fraction of sp³-hybridized carbons (Fsp3) is 1.00. The number of rotatable bonds is 7. The van der Waals surface area contributed by atoms with Gasteiger partial charge < -0.3 is 10.1 Å². The van der Waals surface area contributed by atoms with Crippen LogP contribution in [-0.4, -0.2) is 24.8 Å². The molecule has 1 atom stereocenters. The molecule has 0 aliphatic carbocycles. The average molecular weight is 201 g/mol. The zero-order chi connectivity index (χ0) is 11.0. The van der Waals surface area contributed by atoms with Crippen LogP contribution in [-0.2, 0) is 4.74 Å². The molecule has 2 heteroatoms. The van der Waals surface area contributed by atoms with Crippen LogP contribution in [0.4, 0.5) is 0 Å². The third-order valence-corrected chi connectivity index (χ3v) is 2.05. The molecule has 0 fully saturated rings. The molecule has 0 aromatic heterocycles. The van der Waals surface area contributed by atoms with Crippen LogP contribution in [0.5, 0.6) is 0 Å². The molecule has 0 saturated carbocycles. The molecule has 0 aliphatic rings. The predicted octanol–water partition coefficient (Wildman–Crippen LogP) is 2.97. The van der Waals surface area contributed by atoms with E-state index >= 15 is 0 Å². The third kappa shape index (κ3) is 10.0. The number of hydrogen-bond acceptors (Lipinski definition) is 2. The van der Waals surface area contributed by atoms with Crippen LogP contribution in [0.2, 0.25) is 0 Å². The van der Waals surface area contributed by atoms with Gasteiger partial charge in [-0.15, -0.1) is 0 Å². The summed E-state index contributed by atoms with van der Waals surface area (Å²) in [6.07, 6.45) is 3.88. The van der Waals surface area contributed by atoms with Crippen LogP contribution in [0.25, 0.3) is 0 Å². The van der Waals surface area contributed by atoms with Crippen molar-refractivity contribution in [2.24, 2.45) is 0 Å². The Morgan fingerprint density at radius 3 is 2.43 bits per heavy atom. The summed E-state index contributed by atoms with van der Waals surface area (Å²) in [6.45, 7) is 12.9. The molecule has 0 spiro atoms. The molecule has 0 bridgehead atoms. The van der Waals surface area contributed by atoms with Crippen molar-refractivity contribution in [1.82, 2.24) is 5.32 Å². The minimum atomic E-state index is 0.244. The maximum absolute atomic E-state index is 5.60. The Bertz CT molecular complexity index is 129. The maximum atomic E-state index is 5.60. The van der Waals surface area contributed by atoms with E-state index in [9.17, 15) is 0 Å². The summed E-state index contributed by atoms with van der Waals surface area (Å²) in [5.74, 6) is 0. The van der Waals surface area contributed by atoms with Crippen molar-refractivity contribution < 1.29 is 4.74 Å². The molecule has 0 aliphatic heterocycles. The molecule has 86 valence electrons. The van der Waals surface area contributed by atoms with Crippen LogP contribution in [0.15, 0.2) is 0 Å². The molecule has 0 aromatic carbocycles. The summed E-state index contributed by atoms with van der Waals surface area (Å²) in [5, 5.41) is 3.48. The Labute approximate surface area is 89.4 Å². The van der Waals surface area contributed by atoms with Gasteiger partial charge >= 0.3 is 0 Å². The first-order valence-electron chi connectivity index (χ1n) is 5.82. The third-order valence-electron chi connectivity index (χ3n) is 2.05. The second-order valence-corrected chi connectivity index (χ2v) is 5.00. The van der Waals surface area contributed by atoms with E-state index in [1.807, 2.05) is 0 Å². The van der Waals surface area contributed by atoms with E-state index in [0.29, 0.717) is 6.10 Å². The summed E-state index contributed by atoms with van der Waals surface area (Å²) in [4.78, 5) is 0. The van der Waals surface area contributed by atoms with E-state index in [2.05, 4.69) is 39.9 Å².